The van der Waals surface area contributed by atoms with Crippen LogP contribution < -0.4 is 19.6 Å². The summed E-state index contributed by atoms with van der Waals surface area (Å²) in [6.45, 7) is 1.70. The number of methoxy groups -OCH3 is 2. The Labute approximate surface area is 228 Å². The van der Waals surface area contributed by atoms with Gasteiger partial charge in [0.25, 0.3) is 0 Å². The van der Waals surface area contributed by atoms with E-state index in [1.54, 1.807) is 31.2 Å². The van der Waals surface area contributed by atoms with Crippen LogP contribution in [-0.2, 0) is 6.42 Å². The van der Waals surface area contributed by atoms with Gasteiger partial charge in [0.15, 0.2) is 34.3 Å². The molecule has 0 radical (unpaired) electrons. The first-order valence-corrected chi connectivity index (χ1v) is 12.3. The molecule has 0 spiro atoms. The van der Waals surface area contributed by atoms with Gasteiger partial charge in [-0.3, -0.25) is 14.6 Å². The first-order valence-electron chi connectivity index (χ1n) is 12.3. The van der Waals surface area contributed by atoms with Crippen molar-refractivity contribution in [2.45, 2.75) is 13.3 Å². The Balaban J connectivity index is 1.40. The van der Waals surface area contributed by atoms with Gasteiger partial charge in [-0.2, -0.15) is 0 Å². The minimum absolute atomic E-state index is 0.0507. The van der Waals surface area contributed by atoms with E-state index in [9.17, 15) is 14.0 Å². The van der Waals surface area contributed by atoms with E-state index in [4.69, 9.17) is 14.2 Å². The van der Waals surface area contributed by atoms with Crippen molar-refractivity contribution < 1.29 is 27.8 Å². The zero-order valence-electron chi connectivity index (χ0n) is 21.9. The molecule has 0 aliphatic rings. The van der Waals surface area contributed by atoms with Crippen molar-refractivity contribution >= 4 is 16.7 Å². The molecule has 7 nitrogen and oxygen atoms in total. The fraction of sp³-hybridized carbons (Fsp3) is 0.129. The van der Waals surface area contributed by atoms with Gasteiger partial charge in [-0.05, 0) is 54.4 Å². The molecule has 3 aromatic carbocycles. The molecular weight excluding hydrogens is 518 g/mol. The van der Waals surface area contributed by atoms with E-state index >= 15 is 4.39 Å². The predicted octanol–water partition coefficient (Wildman–Crippen LogP) is 6.41. The molecule has 5 rings (SSSR count). The highest BCUT2D eigenvalue weighted by atomic mass is 19.1. The number of benzene rings is 3. The maximum Gasteiger partial charge on any atom is 0.200 e. The summed E-state index contributed by atoms with van der Waals surface area (Å²) < 4.78 is 45.0. The van der Waals surface area contributed by atoms with E-state index < -0.39 is 22.8 Å². The van der Waals surface area contributed by atoms with Crippen molar-refractivity contribution in [2.75, 3.05) is 14.2 Å². The molecule has 0 fully saturated rings. The second-order valence-electron chi connectivity index (χ2n) is 9.04. The Hall–Kier alpha value is -5.05. The first-order chi connectivity index (χ1) is 19.3. The number of hydrogen-bond donors (Lipinski definition) is 1. The van der Waals surface area contributed by atoms with Crippen LogP contribution in [-0.4, -0.2) is 30.0 Å². The number of rotatable bonds is 8. The van der Waals surface area contributed by atoms with Crippen molar-refractivity contribution in [3.8, 4) is 34.1 Å². The van der Waals surface area contributed by atoms with E-state index in [1.165, 1.54) is 63.0 Å². The minimum atomic E-state index is -0.680. The molecule has 5 aromatic rings. The van der Waals surface area contributed by atoms with Crippen molar-refractivity contribution in [2.24, 2.45) is 0 Å². The number of fused-ring (bicyclic) bond motifs is 1. The monoisotopic (exact) mass is 542 g/mol. The molecule has 0 unspecified atom stereocenters. The quantitative estimate of drug-likeness (QED) is 0.228. The largest absolute Gasteiger partial charge is 0.493 e. The van der Waals surface area contributed by atoms with Crippen LogP contribution in [0.15, 0.2) is 77.9 Å². The van der Waals surface area contributed by atoms with E-state index in [1.807, 2.05) is 0 Å². The number of hydrogen-bond acceptors (Lipinski definition) is 6. The van der Waals surface area contributed by atoms with Crippen molar-refractivity contribution in [1.29, 1.82) is 0 Å². The normalized spacial score (nSPS) is 10.9. The molecule has 1 N–H and O–H groups in total. The number of ketones is 1. The van der Waals surface area contributed by atoms with Gasteiger partial charge < -0.3 is 19.2 Å². The Morgan fingerprint density at radius 3 is 2.33 bits per heavy atom. The van der Waals surface area contributed by atoms with Crippen LogP contribution >= 0.6 is 0 Å². The molecule has 40 heavy (non-hydrogen) atoms. The molecule has 202 valence electrons. The van der Waals surface area contributed by atoms with Gasteiger partial charge in [0.05, 0.1) is 25.3 Å². The number of pyridine rings is 2. The fourth-order valence-corrected chi connectivity index (χ4v) is 4.47. The molecule has 0 bridgehead atoms. The highest BCUT2D eigenvalue weighted by Gasteiger charge is 2.19. The van der Waals surface area contributed by atoms with Crippen LogP contribution in [0, 0.1) is 18.6 Å². The van der Waals surface area contributed by atoms with Crippen molar-refractivity contribution in [3.63, 3.8) is 0 Å². The zero-order chi connectivity index (χ0) is 28.4. The van der Waals surface area contributed by atoms with E-state index in [-0.39, 0.29) is 23.3 Å². The average molecular weight is 543 g/mol. The number of nitrogens with one attached hydrogen (secondary N) is 1. The number of aryl methyl sites for hydroxylation is 1. The number of halogens is 2. The van der Waals surface area contributed by atoms with Crippen LogP contribution in [0.5, 0.6) is 23.0 Å². The number of carbonyl (C=O) groups is 1. The van der Waals surface area contributed by atoms with Crippen LogP contribution in [0.3, 0.4) is 0 Å². The Morgan fingerprint density at radius 2 is 1.62 bits per heavy atom. The van der Waals surface area contributed by atoms with Crippen LogP contribution in [0.2, 0.25) is 0 Å². The number of ether oxygens (including phenoxy) is 3. The van der Waals surface area contributed by atoms with E-state index in [0.717, 1.165) is 0 Å². The standard InChI is InChI=1S/C31H24F2N2O5/c1-17-30(19-5-7-20(32)8-6-19)31(37)22(16-35-17)25(36)13-18-4-9-27(23(33)12-18)40-26-10-11-34-24-15-29(39-3)28(38-2)14-21(24)26/h4-12,14-16H,13H2,1-3H3,(H,35,37). The number of nitrogens with zero attached hydrogens (tertiary/aromatic N) is 1. The molecule has 0 saturated carbocycles. The van der Waals surface area contributed by atoms with Gasteiger partial charge in [-0.25, -0.2) is 8.78 Å². The van der Waals surface area contributed by atoms with Crippen molar-refractivity contribution in [3.05, 3.63) is 112 Å². The van der Waals surface area contributed by atoms with E-state index in [2.05, 4.69) is 9.97 Å². The van der Waals surface area contributed by atoms with Gasteiger partial charge in [0.1, 0.15) is 11.6 Å². The highest BCUT2D eigenvalue weighted by molar-refractivity contribution is 5.98. The van der Waals surface area contributed by atoms with Crippen LogP contribution in [0.4, 0.5) is 8.78 Å². The van der Waals surface area contributed by atoms with Crippen molar-refractivity contribution in [1.82, 2.24) is 9.97 Å². The summed E-state index contributed by atoms with van der Waals surface area (Å²) >= 11 is 0. The third-order valence-electron chi connectivity index (χ3n) is 6.50. The first kappa shape index (κ1) is 26.6. The maximum absolute atomic E-state index is 15.1. The summed E-state index contributed by atoms with van der Waals surface area (Å²) in [6, 6.07) is 14.6. The summed E-state index contributed by atoms with van der Waals surface area (Å²) in [7, 11) is 3.03. The number of carbonyl (C=O) groups excluding carboxylic acids is 1. The number of Topliss-reactive ketones (excluding diaryl/α,β-unsaturated/α-hetero) is 1. The number of aromatic nitrogens is 2. The van der Waals surface area contributed by atoms with Crippen LogP contribution in [0.1, 0.15) is 21.6 Å². The molecule has 2 heterocycles. The third-order valence-corrected chi connectivity index (χ3v) is 6.50. The summed E-state index contributed by atoms with van der Waals surface area (Å²) in [5.74, 6) is -0.331. The second kappa shape index (κ2) is 11.0. The summed E-state index contributed by atoms with van der Waals surface area (Å²) in [5, 5.41) is 0.592. The smallest absolute Gasteiger partial charge is 0.200 e. The zero-order valence-corrected chi connectivity index (χ0v) is 21.9. The molecule has 2 aromatic heterocycles. The number of aromatic amines is 1. The lowest BCUT2D eigenvalue weighted by Gasteiger charge is -2.13. The Bertz CT molecular complexity index is 1800. The molecular formula is C31H24F2N2O5. The Kier molecular flexibility index (Phi) is 7.29. The van der Waals surface area contributed by atoms with Gasteiger partial charge in [0.2, 0.25) is 0 Å². The molecule has 0 amide bonds. The fourth-order valence-electron chi connectivity index (χ4n) is 4.47. The summed E-state index contributed by atoms with van der Waals surface area (Å²) in [6.07, 6.45) is 2.67. The topological polar surface area (TPSA) is 90.5 Å². The third kappa shape index (κ3) is 5.13. The minimum Gasteiger partial charge on any atom is -0.493 e. The summed E-state index contributed by atoms with van der Waals surface area (Å²) in [5.41, 5.74) is 1.69. The molecule has 0 atom stereocenters. The summed E-state index contributed by atoms with van der Waals surface area (Å²) in [4.78, 5) is 33.5. The van der Waals surface area contributed by atoms with E-state index in [0.29, 0.717) is 45.0 Å². The molecule has 0 aliphatic heterocycles. The average Bonchev–Trinajstić information content (AvgIpc) is 2.94. The SMILES string of the molecule is COc1cc2nccc(Oc3ccc(CC(=O)c4c[nH]c(C)c(-c5ccc(F)cc5)c4=O)cc3F)c2cc1OC. The highest BCUT2D eigenvalue weighted by Crippen LogP contribution is 2.37. The second-order valence-corrected chi connectivity index (χ2v) is 9.04. The maximum atomic E-state index is 15.1. The lowest BCUT2D eigenvalue weighted by molar-refractivity contribution is 0.0991. The van der Waals surface area contributed by atoms with Gasteiger partial charge >= 0.3 is 0 Å². The van der Waals surface area contributed by atoms with Gasteiger partial charge in [-0.1, -0.05) is 18.2 Å². The molecule has 0 aliphatic carbocycles. The predicted molar refractivity (Wildman–Crippen MR) is 147 cm³/mol. The number of H-pyrrole nitrogens is 1. The van der Waals surface area contributed by atoms with Gasteiger partial charge in [0, 0.05) is 41.5 Å². The Morgan fingerprint density at radius 1 is 0.900 bits per heavy atom. The lowest BCUT2D eigenvalue weighted by atomic mass is 9.98. The van der Waals surface area contributed by atoms with Gasteiger partial charge in [-0.15, -0.1) is 0 Å². The lowest BCUT2D eigenvalue weighted by Crippen LogP contribution is -2.20. The molecule has 9 heteroatoms. The van der Waals surface area contributed by atoms with Crippen LogP contribution in [0.25, 0.3) is 22.0 Å². The molecule has 0 saturated heterocycles.